The average molecular weight is 640 g/mol. The molecule has 15 heteroatoms. The van der Waals surface area contributed by atoms with Gasteiger partial charge in [-0.05, 0) is 42.4 Å². The van der Waals surface area contributed by atoms with Crippen molar-refractivity contribution in [2.24, 2.45) is 5.73 Å². The molecule has 0 radical (unpaired) electrons. The summed E-state index contributed by atoms with van der Waals surface area (Å²) < 4.78 is 88.2. The first-order valence-electron chi connectivity index (χ1n) is 13.6. The summed E-state index contributed by atoms with van der Waals surface area (Å²) in [5.41, 5.74) is 4.85. The maximum atomic E-state index is 13.8. The predicted molar refractivity (Wildman–Crippen MR) is 145 cm³/mol. The predicted octanol–water partition coefficient (Wildman–Crippen LogP) is 4.38. The molecular formula is C30H27F6N3O6. The highest BCUT2D eigenvalue weighted by Crippen LogP contribution is 2.38. The SMILES string of the molecule is NCc1cccc(C2(O)CCN(C(=O)c3c(OC(=O)C(F)(F)F)ncc(CCc4ccccc4)c3OC(=O)C(F)(F)F)CC2)c1. The number of likely N-dealkylation sites (tertiary alicyclic amines) is 1. The zero-order valence-corrected chi connectivity index (χ0v) is 23.5. The molecule has 3 aromatic rings. The van der Waals surface area contributed by atoms with E-state index >= 15 is 0 Å². The lowest BCUT2D eigenvalue weighted by atomic mass is 9.83. The van der Waals surface area contributed by atoms with Gasteiger partial charge in [0.2, 0.25) is 5.88 Å². The Labute approximate surface area is 252 Å². The first-order valence-corrected chi connectivity index (χ1v) is 13.6. The van der Waals surface area contributed by atoms with Crippen molar-refractivity contribution >= 4 is 17.8 Å². The maximum absolute atomic E-state index is 13.8. The highest BCUT2D eigenvalue weighted by molar-refractivity contribution is 6.01. The minimum Gasteiger partial charge on any atom is -0.418 e. The minimum atomic E-state index is -5.56. The molecule has 1 amide bonds. The number of nitrogens with two attached hydrogens (primary N) is 1. The number of hydrogen-bond acceptors (Lipinski definition) is 8. The Morgan fingerprint density at radius 3 is 2.07 bits per heavy atom. The summed E-state index contributed by atoms with van der Waals surface area (Å²) in [7, 11) is 0. The van der Waals surface area contributed by atoms with E-state index < -0.39 is 53.0 Å². The van der Waals surface area contributed by atoms with Crippen LogP contribution in [0.5, 0.6) is 11.6 Å². The Morgan fingerprint density at radius 1 is 0.867 bits per heavy atom. The molecule has 1 aliphatic rings. The second kappa shape index (κ2) is 13.2. The van der Waals surface area contributed by atoms with Gasteiger partial charge >= 0.3 is 24.3 Å². The summed E-state index contributed by atoms with van der Waals surface area (Å²) in [6.45, 7) is -0.257. The van der Waals surface area contributed by atoms with Gasteiger partial charge in [-0.25, -0.2) is 14.6 Å². The maximum Gasteiger partial charge on any atom is 0.491 e. The molecule has 0 unspecified atom stereocenters. The molecule has 9 nitrogen and oxygen atoms in total. The molecule has 1 aromatic heterocycles. The van der Waals surface area contributed by atoms with Crippen LogP contribution in [-0.2, 0) is 34.6 Å². The summed E-state index contributed by atoms with van der Waals surface area (Å²) in [4.78, 5) is 42.2. The zero-order chi connectivity index (χ0) is 33.0. The minimum absolute atomic E-state index is 0.0801. The monoisotopic (exact) mass is 639 g/mol. The fourth-order valence-corrected chi connectivity index (χ4v) is 4.81. The number of amides is 1. The molecule has 0 atom stereocenters. The lowest BCUT2D eigenvalue weighted by molar-refractivity contribution is -0.190. The highest BCUT2D eigenvalue weighted by atomic mass is 19.4. The van der Waals surface area contributed by atoms with E-state index in [1.54, 1.807) is 54.6 Å². The van der Waals surface area contributed by atoms with E-state index in [9.17, 15) is 45.8 Å². The largest absolute Gasteiger partial charge is 0.491 e. The number of piperidine rings is 1. The van der Waals surface area contributed by atoms with E-state index in [0.29, 0.717) is 11.1 Å². The number of alkyl halides is 6. The first kappa shape index (κ1) is 33.4. The van der Waals surface area contributed by atoms with Crippen molar-refractivity contribution in [2.75, 3.05) is 13.1 Å². The van der Waals surface area contributed by atoms with Crippen LogP contribution in [0.4, 0.5) is 26.3 Å². The van der Waals surface area contributed by atoms with Crippen molar-refractivity contribution in [1.29, 1.82) is 0 Å². The number of hydrogen-bond donors (Lipinski definition) is 2. The van der Waals surface area contributed by atoms with Gasteiger partial charge < -0.3 is 25.2 Å². The molecule has 0 aliphatic carbocycles. The van der Waals surface area contributed by atoms with Crippen LogP contribution in [0.25, 0.3) is 0 Å². The van der Waals surface area contributed by atoms with Crippen molar-refractivity contribution in [1.82, 2.24) is 9.88 Å². The Kier molecular flexibility index (Phi) is 9.83. The number of rotatable bonds is 8. The average Bonchev–Trinajstić information content (AvgIpc) is 3.00. The lowest BCUT2D eigenvalue weighted by Gasteiger charge is -2.39. The summed E-state index contributed by atoms with van der Waals surface area (Å²) >= 11 is 0. The number of aromatic nitrogens is 1. The normalized spacial score (nSPS) is 15.0. The zero-order valence-electron chi connectivity index (χ0n) is 23.5. The molecule has 4 rings (SSSR count). The molecule has 0 spiro atoms. The van der Waals surface area contributed by atoms with E-state index in [-0.39, 0.29) is 50.9 Å². The third-order valence-corrected chi connectivity index (χ3v) is 7.23. The number of nitrogens with zero attached hydrogens (tertiary/aromatic N) is 2. The van der Waals surface area contributed by atoms with E-state index in [2.05, 4.69) is 14.5 Å². The molecule has 0 bridgehead atoms. The Balaban J connectivity index is 1.74. The van der Waals surface area contributed by atoms with E-state index in [1.165, 1.54) is 0 Å². The number of aliphatic hydroxyl groups is 1. The van der Waals surface area contributed by atoms with Crippen molar-refractivity contribution < 1.29 is 55.3 Å². The van der Waals surface area contributed by atoms with Gasteiger partial charge in [-0.15, -0.1) is 0 Å². The first-order chi connectivity index (χ1) is 21.1. The topological polar surface area (TPSA) is 132 Å². The fourth-order valence-electron chi connectivity index (χ4n) is 4.81. The number of benzene rings is 2. The highest BCUT2D eigenvalue weighted by Gasteiger charge is 2.46. The van der Waals surface area contributed by atoms with Crippen LogP contribution in [0.2, 0.25) is 0 Å². The summed E-state index contributed by atoms with van der Waals surface area (Å²) in [6, 6.07) is 15.3. The van der Waals surface area contributed by atoms with Gasteiger partial charge in [0.1, 0.15) is 5.56 Å². The molecule has 1 saturated heterocycles. The Morgan fingerprint density at radius 2 is 1.47 bits per heavy atom. The lowest BCUT2D eigenvalue weighted by Crippen LogP contribution is -2.45. The van der Waals surface area contributed by atoms with Gasteiger partial charge in [0.15, 0.2) is 5.75 Å². The van der Waals surface area contributed by atoms with Crippen LogP contribution in [-0.4, -0.2) is 58.3 Å². The molecule has 1 aliphatic heterocycles. The van der Waals surface area contributed by atoms with Crippen LogP contribution in [0.1, 0.15) is 45.5 Å². The van der Waals surface area contributed by atoms with E-state index in [4.69, 9.17) is 5.73 Å². The summed E-state index contributed by atoms with van der Waals surface area (Å²) in [5.74, 6) is -9.13. The van der Waals surface area contributed by atoms with Crippen LogP contribution in [0.3, 0.4) is 0 Å². The molecule has 1 fully saturated rings. The number of carbonyl (C=O) groups excluding carboxylic acids is 3. The van der Waals surface area contributed by atoms with Crippen molar-refractivity contribution in [3.63, 3.8) is 0 Å². The molecule has 0 saturated carbocycles. The fraction of sp³-hybridized carbons (Fsp3) is 0.333. The number of pyridine rings is 1. The van der Waals surface area contributed by atoms with Gasteiger partial charge in [-0.3, -0.25) is 4.79 Å². The van der Waals surface area contributed by atoms with Crippen molar-refractivity contribution in [3.8, 4) is 11.6 Å². The molecule has 240 valence electrons. The number of esters is 2. The van der Waals surface area contributed by atoms with Crippen molar-refractivity contribution in [3.05, 3.63) is 88.6 Å². The molecular weight excluding hydrogens is 612 g/mol. The number of aryl methyl sites for hydroxylation is 2. The smallest absolute Gasteiger partial charge is 0.418 e. The number of carbonyl (C=O) groups is 3. The third kappa shape index (κ3) is 7.97. The Bertz CT molecular complexity index is 1550. The van der Waals surface area contributed by atoms with Gasteiger partial charge in [-0.1, -0.05) is 54.6 Å². The van der Waals surface area contributed by atoms with Gasteiger partial charge in [0.05, 0.1) is 5.60 Å². The van der Waals surface area contributed by atoms with Gasteiger partial charge in [-0.2, -0.15) is 26.3 Å². The molecule has 2 heterocycles. The van der Waals surface area contributed by atoms with Crippen molar-refractivity contribution in [2.45, 2.75) is 50.2 Å². The van der Waals surface area contributed by atoms with Crippen LogP contribution in [0, 0.1) is 0 Å². The number of ether oxygens (including phenoxy) is 2. The van der Waals surface area contributed by atoms with Crippen LogP contribution < -0.4 is 15.2 Å². The summed E-state index contributed by atoms with van der Waals surface area (Å²) in [5, 5.41) is 11.3. The van der Waals surface area contributed by atoms with Gasteiger partial charge in [0, 0.05) is 31.4 Å². The van der Waals surface area contributed by atoms with Gasteiger partial charge in [0.25, 0.3) is 5.91 Å². The van der Waals surface area contributed by atoms with E-state index in [0.717, 1.165) is 16.7 Å². The second-order valence-electron chi connectivity index (χ2n) is 10.3. The van der Waals surface area contributed by atoms with E-state index in [1.807, 2.05) is 0 Å². The quantitative estimate of drug-likeness (QED) is 0.274. The van der Waals surface area contributed by atoms with Crippen LogP contribution >= 0.6 is 0 Å². The second-order valence-corrected chi connectivity index (χ2v) is 10.3. The third-order valence-electron chi connectivity index (χ3n) is 7.23. The van der Waals surface area contributed by atoms with Crippen LogP contribution in [0.15, 0.2) is 60.8 Å². The molecule has 3 N–H and O–H groups in total. The standard InChI is InChI=1S/C30H27F6N3O6/c31-29(32,33)26(41)44-23-20(10-9-18-5-2-1-3-6-18)17-38-24(45-27(42)30(34,35)36)22(23)25(40)39-13-11-28(43,12-14-39)21-8-4-7-19(15-21)16-37/h1-8,15,17,43H,9-14,16,37H2. The number of halogens is 6. The summed E-state index contributed by atoms with van der Waals surface area (Å²) in [6.07, 6.45) is -10.5. The molecule has 45 heavy (non-hydrogen) atoms. The molecule has 2 aromatic carbocycles. The Hall–Kier alpha value is -4.50.